The number of nitrogens with two attached hydrogens (primary N) is 1. The van der Waals surface area contributed by atoms with E-state index in [2.05, 4.69) is 4.98 Å². The average molecular weight is 269 g/mol. The number of aromatic nitrogens is 1. The van der Waals surface area contributed by atoms with Crippen LogP contribution in [0, 0.1) is 13.8 Å². The van der Waals surface area contributed by atoms with Crippen molar-refractivity contribution >= 4 is 28.9 Å². The van der Waals surface area contributed by atoms with Crippen molar-refractivity contribution in [2.24, 2.45) is 0 Å². The molecule has 0 amide bonds. The lowest BCUT2D eigenvalue weighted by atomic mass is 10.1. The molecule has 90 valence electrons. The van der Waals surface area contributed by atoms with Gasteiger partial charge in [0.2, 0.25) is 0 Å². The van der Waals surface area contributed by atoms with E-state index in [-0.39, 0.29) is 0 Å². The second kappa shape index (κ2) is 6.48. The fraction of sp³-hybridized carbons (Fsp3) is 0.154. The molecule has 0 fully saturated rings. The SMILES string of the molecule is Cc1cc(Cl)cc(C)c1N.Clc1cccnc1. The molecule has 0 aliphatic carbocycles. The number of pyridine rings is 1. The van der Waals surface area contributed by atoms with Crippen LogP contribution in [0.5, 0.6) is 0 Å². The zero-order valence-electron chi connectivity index (χ0n) is 9.74. The molecule has 0 aliphatic rings. The van der Waals surface area contributed by atoms with E-state index in [0.717, 1.165) is 21.8 Å². The van der Waals surface area contributed by atoms with E-state index in [1.54, 1.807) is 24.5 Å². The van der Waals surface area contributed by atoms with Gasteiger partial charge < -0.3 is 5.73 Å². The smallest absolute Gasteiger partial charge is 0.0589 e. The Kier molecular flexibility index (Phi) is 5.26. The van der Waals surface area contributed by atoms with Gasteiger partial charge in [0, 0.05) is 23.1 Å². The maximum atomic E-state index is 5.77. The third-order valence-corrected chi connectivity index (χ3v) is 2.63. The van der Waals surface area contributed by atoms with Crippen LogP contribution in [-0.2, 0) is 0 Å². The summed E-state index contributed by atoms with van der Waals surface area (Å²) >= 11 is 11.2. The number of nitrogen functional groups attached to an aromatic ring is 1. The minimum atomic E-state index is 0.683. The van der Waals surface area contributed by atoms with E-state index in [1.807, 2.05) is 26.0 Å². The Bertz CT molecular complexity index is 461. The van der Waals surface area contributed by atoms with E-state index < -0.39 is 0 Å². The Morgan fingerprint density at radius 1 is 1.06 bits per heavy atom. The van der Waals surface area contributed by atoms with Crippen LogP contribution < -0.4 is 5.73 Å². The molecule has 1 aromatic carbocycles. The topological polar surface area (TPSA) is 38.9 Å². The first-order valence-corrected chi connectivity index (χ1v) is 5.84. The number of halogens is 2. The number of hydrogen-bond acceptors (Lipinski definition) is 2. The van der Waals surface area contributed by atoms with E-state index in [1.165, 1.54) is 0 Å². The van der Waals surface area contributed by atoms with Crippen molar-refractivity contribution < 1.29 is 0 Å². The summed E-state index contributed by atoms with van der Waals surface area (Å²) in [5.74, 6) is 0. The third-order valence-electron chi connectivity index (χ3n) is 2.18. The fourth-order valence-electron chi connectivity index (χ4n) is 1.26. The molecule has 17 heavy (non-hydrogen) atoms. The minimum absolute atomic E-state index is 0.683. The number of aryl methyl sites for hydroxylation is 2. The van der Waals surface area contributed by atoms with Crippen molar-refractivity contribution in [3.63, 3.8) is 0 Å². The summed E-state index contributed by atoms with van der Waals surface area (Å²) in [5.41, 5.74) is 8.62. The summed E-state index contributed by atoms with van der Waals surface area (Å²) in [7, 11) is 0. The summed E-state index contributed by atoms with van der Waals surface area (Å²) in [6, 6.07) is 7.31. The van der Waals surface area contributed by atoms with Crippen LogP contribution in [0.25, 0.3) is 0 Å². The molecule has 0 unspecified atom stereocenters. The highest BCUT2D eigenvalue weighted by Gasteiger charge is 1.98. The first-order valence-electron chi connectivity index (χ1n) is 5.08. The summed E-state index contributed by atoms with van der Waals surface area (Å²) in [6.45, 7) is 3.91. The van der Waals surface area contributed by atoms with Crippen LogP contribution in [0.3, 0.4) is 0 Å². The molecule has 0 spiro atoms. The van der Waals surface area contributed by atoms with Gasteiger partial charge in [0.15, 0.2) is 0 Å². The maximum absolute atomic E-state index is 5.77. The quantitative estimate of drug-likeness (QED) is 0.725. The number of rotatable bonds is 0. The Balaban J connectivity index is 0.000000181. The van der Waals surface area contributed by atoms with E-state index in [9.17, 15) is 0 Å². The number of nitrogens with zero attached hydrogens (tertiary/aromatic N) is 1. The van der Waals surface area contributed by atoms with Crippen LogP contribution >= 0.6 is 23.2 Å². The fourth-order valence-corrected chi connectivity index (χ4v) is 1.72. The molecule has 2 rings (SSSR count). The second-order valence-electron chi connectivity index (χ2n) is 3.62. The van der Waals surface area contributed by atoms with Crippen LogP contribution in [0.1, 0.15) is 11.1 Å². The molecule has 0 saturated carbocycles. The van der Waals surface area contributed by atoms with Crippen molar-refractivity contribution in [1.29, 1.82) is 0 Å². The van der Waals surface area contributed by atoms with Crippen molar-refractivity contribution in [2.45, 2.75) is 13.8 Å². The van der Waals surface area contributed by atoms with Crippen LogP contribution in [0.4, 0.5) is 5.69 Å². The normalized spacial score (nSPS) is 9.41. The highest BCUT2D eigenvalue weighted by Crippen LogP contribution is 2.21. The van der Waals surface area contributed by atoms with Gasteiger partial charge in [-0.1, -0.05) is 23.2 Å². The molecular weight excluding hydrogens is 255 g/mol. The largest absolute Gasteiger partial charge is 0.398 e. The van der Waals surface area contributed by atoms with Gasteiger partial charge in [-0.05, 0) is 49.2 Å². The van der Waals surface area contributed by atoms with Gasteiger partial charge in [0.25, 0.3) is 0 Å². The van der Waals surface area contributed by atoms with Crippen LogP contribution in [-0.4, -0.2) is 4.98 Å². The van der Waals surface area contributed by atoms with Crippen molar-refractivity contribution in [3.8, 4) is 0 Å². The van der Waals surface area contributed by atoms with Crippen molar-refractivity contribution in [3.05, 3.63) is 57.8 Å². The Hall–Kier alpha value is -1.25. The van der Waals surface area contributed by atoms with Crippen molar-refractivity contribution in [2.75, 3.05) is 5.73 Å². The lowest BCUT2D eigenvalue weighted by Gasteiger charge is -2.03. The number of hydrogen-bond donors (Lipinski definition) is 1. The van der Waals surface area contributed by atoms with E-state index >= 15 is 0 Å². The molecule has 2 aromatic rings. The first kappa shape index (κ1) is 13.8. The average Bonchev–Trinajstić information content (AvgIpc) is 2.27. The van der Waals surface area contributed by atoms with Gasteiger partial charge in [-0.15, -0.1) is 0 Å². The maximum Gasteiger partial charge on any atom is 0.0589 e. The molecule has 0 aliphatic heterocycles. The zero-order valence-corrected chi connectivity index (χ0v) is 11.3. The van der Waals surface area contributed by atoms with Gasteiger partial charge in [0.05, 0.1) is 5.02 Å². The van der Waals surface area contributed by atoms with Gasteiger partial charge >= 0.3 is 0 Å². The summed E-state index contributed by atoms with van der Waals surface area (Å²) < 4.78 is 0. The highest BCUT2D eigenvalue weighted by atomic mass is 35.5. The molecule has 0 atom stereocenters. The van der Waals surface area contributed by atoms with Gasteiger partial charge in [-0.3, -0.25) is 4.98 Å². The van der Waals surface area contributed by atoms with Gasteiger partial charge in [0.1, 0.15) is 0 Å². The first-order chi connectivity index (χ1) is 8.00. The predicted octanol–water partition coefficient (Wildman–Crippen LogP) is 4.27. The predicted molar refractivity (Wildman–Crippen MR) is 74.6 cm³/mol. The lowest BCUT2D eigenvalue weighted by Crippen LogP contribution is -1.92. The molecular formula is C13H14Cl2N2. The molecule has 2 nitrogen and oxygen atoms in total. The van der Waals surface area contributed by atoms with Gasteiger partial charge in [-0.25, -0.2) is 0 Å². The standard InChI is InChI=1S/C8H10ClN.C5H4ClN/c1-5-3-7(9)4-6(2)8(5)10;6-5-2-1-3-7-4-5/h3-4H,10H2,1-2H3;1-4H. The molecule has 1 aromatic heterocycles. The molecule has 4 heteroatoms. The monoisotopic (exact) mass is 268 g/mol. The Morgan fingerprint density at radius 3 is 2.00 bits per heavy atom. The van der Waals surface area contributed by atoms with Crippen LogP contribution in [0.15, 0.2) is 36.7 Å². The third kappa shape index (κ3) is 4.63. The highest BCUT2D eigenvalue weighted by molar-refractivity contribution is 6.31. The summed E-state index contributed by atoms with van der Waals surface area (Å²) in [4.78, 5) is 3.75. The van der Waals surface area contributed by atoms with Crippen LogP contribution in [0.2, 0.25) is 10.0 Å². The number of benzene rings is 1. The zero-order chi connectivity index (χ0) is 12.8. The van der Waals surface area contributed by atoms with E-state index in [4.69, 9.17) is 28.9 Å². The molecule has 0 saturated heterocycles. The Labute approximate surface area is 111 Å². The molecule has 0 radical (unpaired) electrons. The lowest BCUT2D eigenvalue weighted by molar-refractivity contribution is 1.33. The van der Waals surface area contributed by atoms with E-state index in [0.29, 0.717) is 5.02 Å². The number of anilines is 1. The second-order valence-corrected chi connectivity index (χ2v) is 4.50. The minimum Gasteiger partial charge on any atom is -0.398 e. The summed E-state index contributed by atoms with van der Waals surface area (Å²) in [6.07, 6.45) is 3.29. The summed E-state index contributed by atoms with van der Waals surface area (Å²) in [5, 5.41) is 1.44. The molecule has 2 N–H and O–H groups in total. The molecule has 0 bridgehead atoms. The van der Waals surface area contributed by atoms with Gasteiger partial charge in [-0.2, -0.15) is 0 Å². The van der Waals surface area contributed by atoms with Crippen molar-refractivity contribution in [1.82, 2.24) is 4.98 Å². The molecule has 1 heterocycles. The Morgan fingerprint density at radius 2 is 1.65 bits per heavy atom.